The van der Waals surface area contributed by atoms with Crippen LogP contribution >= 0.6 is 15.9 Å². The maximum absolute atomic E-state index is 11.3. The van der Waals surface area contributed by atoms with Crippen LogP contribution in [0.25, 0.3) is 0 Å². The van der Waals surface area contributed by atoms with Crippen LogP contribution in [0.2, 0.25) is 0 Å². The van der Waals surface area contributed by atoms with Crippen LogP contribution in [-0.4, -0.2) is 24.1 Å². The van der Waals surface area contributed by atoms with Crippen molar-refractivity contribution in [3.05, 3.63) is 28.5 Å². The van der Waals surface area contributed by atoms with Crippen molar-refractivity contribution in [3.63, 3.8) is 0 Å². The number of ether oxygens (including phenoxy) is 1. The van der Waals surface area contributed by atoms with Gasteiger partial charge in [0.05, 0.1) is 6.61 Å². The van der Waals surface area contributed by atoms with Gasteiger partial charge in [-0.15, -0.1) is 0 Å². The van der Waals surface area contributed by atoms with E-state index in [1.54, 1.807) is 18.3 Å². The van der Waals surface area contributed by atoms with E-state index in [1.807, 2.05) is 0 Å². The molecule has 0 amide bonds. The predicted molar refractivity (Wildman–Crippen MR) is 55.9 cm³/mol. The molecule has 0 aliphatic carbocycles. The molecule has 0 saturated carbocycles. The highest BCUT2D eigenvalue weighted by molar-refractivity contribution is 9.10. The topological polar surface area (TPSA) is 65.2 Å². The van der Waals surface area contributed by atoms with Gasteiger partial charge in [-0.2, -0.15) is 0 Å². The predicted octanol–water partition coefficient (Wildman–Crippen LogP) is 1.35. The Morgan fingerprint density at radius 3 is 3.07 bits per heavy atom. The van der Waals surface area contributed by atoms with E-state index in [4.69, 9.17) is 10.5 Å². The number of pyridine rings is 1. The molecule has 0 spiro atoms. The van der Waals surface area contributed by atoms with Gasteiger partial charge in [0.2, 0.25) is 0 Å². The quantitative estimate of drug-likeness (QED) is 0.654. The third-order valence-corrected chi connectivity index (χ3v) is 2.01. The maximum Gasteiger partial charge on any atom is 0.356 e. The van der Waals surface area contributed by atoms with Crippen LogP contribution in [0.4, 0.5) is 0 Å². The molecule has 5 heteroatoms. The van der Waals surface area contributed by atoms with Crippen LogP contribution < -0.4 is 5.73 Å². The molecule has 0 unspecified atom stereocenters. The van der Waals surface area contributed by atoms with Gasteiger partial charge in [0, 0.05) is 10.7 Å². The molecule has 76 valence electrons. The van der Waals surface area contributed by atoms with Crippen LogP contribution in [0.3, 0.4) is 0 Å². The molecule has 14 heavy (non-hydrogen) atoms. The van der Waals surface area contributed by atoms with Crippen LogP contribution in [0.5, 0.6) is 0 Å². The van der Waals surface area contributed by atoms with Crippen molar-refractivity contribution in [2.24, 2.45) is 5.73 Å². The smallest absolute Gasteiger partial charge is 0.356 e. The summed E-state index contributed by atoms with van der Waals surface area (Å²) in [5.74, 6) is -0.417. The molecule has 1 rings (SSSR count). The van der Waals surface area contributed by atoms with Crippen LogP contribution in [0.15, 0.2) is 22.8 Å². The second-order valence-corrected chi connectivity index (χ2v) is 3.55. The highest BCUT2D eigenvalue weighted by atomic mass is 79.9. The molecule has 1 aromatic rings. The highest BCUT2D eigenvalue weighted by Crippen LogP contribution is 2.09. The SMILES string of the molecule is NCCCOC(=O)c1cc(Br)ccn1. The number of aromatic nitrogens is 1. The minimum Gasteiger partial charge on any atom is -0.461 e. The first-order valence-electron chi connectivity index (χ1n) is 4.23. The molecule has 0 aliphatic rings. The van der Waals surface area contributed by atoms with Crippen molar-refractivity contribution >= 4 is 21.9 Å². The fourth-order valence-electron chi connectivity index (χ4n) is 0.839. The summed E-state index contributed by atoms with van der Waals surface area (Å²) < 4.78 is 5.73. The first-order valence-corrected chi connectivity index (χ1v) is 5.02. The highest BCUT2D eigenvalue weighted by Gasteiger charge is 2.07. The largest absolute Gasteiger partial charge is 0.461 e. The number of nitrogens with zero attached hydrogens (tertiary/aromatic N) is 1. The van der Waals surface area contributed by atoms with Gasteiger partial charge in [-0.3, -0.25) is 0 Å². The van der Waals surface area contributed by atoms with Crippen LogP contribution in [0.1, 0.15) is 16.9 Å². The van der Waals surface area contributed by atoms with Crippen molar-refractivity contribution in [1.29, 1.82) is 0 Å². The third kappa shape index (κ3) is 3.43. The van der Waals surface area contributed by atoms with Crippen LogP contribution in [-0.2, 0) is 4.74 Å². The van der Waals surface area contributed by atoms with E-state index in [1.165, 1.54) is 0 Å². The lowest BCUT2D eigenvalue weighted by Gasteiger charge is -2.02. The second kappa shape index (κ2) is 5.72. The zero-order valence-electron chi connectivity index (χ0n) is 7.57. The molecule has 0 atom stereocenters. The molecular weight excluding hydrogens is 248 g/mol. The van der Waals surface area contributed by atoms with E-state index in [9.17, 15) is 4.79 Å². The van der Waals surface area contributed by atoms with Gasteiger partial charge in [-0.25, -0.2) is 9.78 Å². The molecule has 0 radical (unpaired) electrons. The number of carbonyl (C=O) groups is 1. The normalized spacial score (nSPS) is 9.86. The fourth-order valence-corrected chi connectivity index (χ4v) is 1.17. The second-order valence-electron chi connectivity index (χ2n) is 2.64. The zero-order chi connectivity index (χ0) is 10.4. The van der Waals surface area contributed by atoms with Crippen molar-refractivity contribution < 1.29 is 9.53 Å². The Bertz CT molecular complexity index is 317. The van der Waals surface area contributed by atoms with E-state index < -0.39 is 5.97 Å². The third-order valence-electron chi connectivity index (χ3n) is 1.51. The van der Waals surface area contributed by atoms with Crippen molar-refractivity contribution in [2.45, 2.75) is 6.42 Å². The van der Waals surface area contributed by atoms with Crippen molar-refractivity contribution in [2.75, 3.05) is 13.2 Å². The minimum absolute atomic E-state index is 0.302. The van der Waals surface area contributed by atoms with Crippen molar-refractivity contribution in [3.8, 4) is 0 Å². The molecule has 4 nitrogen and oxygen atoms in total. The molecule has 1 aromatic heterocycles. The Hall–Kier alpha value is -0.940. The number of carbonyl (C=O) groups excluding carboxylic acids is 1. The lowest BCUT2D eigenvalue weighted by molar-refractivity contribution is 0.0496. The van der Waals surface area contributed by atoms with E-state index in [-0.39, 0.29) is 0 Å². The number of hydrogen-bond acceptors (Lipinski definition) is 4. The molecule has 0 aliphatic heterocycles. The monoisotopic (exact) mass is 258 g/mol. The Kier molecular flexibility index (Phi) is 4.55. The number of nitrogens with two attached hydrogens (primary N) is 1. The van der Waals surface area contributed by atoms with Gasteiger partial charge in [-0.05, 0) is 25.1 Å². The van der Waals surface area contributed by atoms with Gasteiger partial charge in [-0.1, -0.05) is 15.9 Å². The molecule has 0 aromatic carbocycles. The molecular formula is C9H11BrN2O2. The Balaban J connectivity index is 2.52. The molecule has 0 saturated heterocycles. The number of hydrogen-bond donors (Lipinski definition) is 1. The number of halogens is 1. The Morgan fingerprint density at radius 2 is 2.43 bits per heavy atom. The molecule has 2 N–H and O–H groups in total. The molecule has 0 fully saturated rings. The van der Waals surface area contributed by atoms with E-state index in [0.29, 0.717) is 25.3 Å². The summed E-state index contributed by atoms with van der Waals surface area (Å²) in [6, 6.07) is 3.36. The van der Waals surface area contributed by atoms with E-state index in [2.05, 4.69) is 20.9 Å². The summed E-state index contributed by atoms with van der Waals surface area (Å²) in [6.07, 6.45) is 2.21. The summed E-state index contributed by atoms with van der Waals surface area (Å²) in [4.78, 5) is 15.2. The van der Waals surface area contributed by atoms with E-state index in [0.717, 1.165) is 4.47 Å². The summed E-state index contributed by atoms with van der Waals surface area (Å²) >= 11 is 3.24. The summed E-state index contributed by atoms with van der Waals surface area (Å²) in [5, 5.41) is 0. The first kappa shape index (κ1) is 11.1. The average molecular weight is 259 g/mol. The Labute approximate surface area is 90.6 Å². The average Bonchev–Trinajstić information content (AvgIpc) is 2.18. The lowest BCUT2D eigenvalue weighted by atomic mass is 10.3. The van der Waals surface area contributed by atoms with E-state index >= 15 is 0 Å². The number of esters is 1. The van der Waals surface area contributed by atoms with Crippen molar-refractivity contribution in [1.82, 2.24) is 4.98 Å². The molecule has 1 heterocycles. The first-order chi connectivity index (χ1) is 6.74. The summed E-state index contributed by atoms with van der Waals surface area (Å²) in [6.45, 7) is 0.850. The zero-order valence-corrected chi connectivity index (χ0v) is 9.16. The summed E-state index contributed by atoms with van der Waals surface area (Å²) in [5.41, 5.74) is 5.57. The van der Waals surface area contributed by atoms with Crippen LogP contribution in [0, 0.1) is 0 Å². The van der Waals surface area contributed by atoms with Gasteiger partial charge in [0.1, 0.15) is 5.69 Å². The minimum atomic E-state index is -0.417. The molecule has 0 bridgehead atoms. The summed E-state index contributed by atoms with van der Waals surface area (Å²) in [7, 11) is 0. The van der Waals surface area contributed by atoms with Gasteiger partial charge in [0.15, 0.2) is 0 Å². The van der Waals surface area contributed by atoms with Gasteiger partial charge < -0.3 is 10.5 Å². The Morgan fingerprint density at radius 1 is 1.64 bits per heavy atom. The lowest BCUT2D eigenvalue weighted by Crippen LogP contribution is -2.11. The fraction of sp³-hybridized carbons (Fsp3) is 0.333. The number of rotatable bonds is 4. The van der Waals surface area contributed by atoms with Gasteiger partial charge in [0.25, 0.3) is 0 Å². The standard InChI is InChI=1S/C9H11BrN2O2/c10-7-2-4-12-8(6-7)9(13)14-5-1-3-11/h2,4,6H,1,3,5,11H2. The van der Waals surface area contributed by atoms with Gasteiger partial charge >= 0.3 is 5.97 Å². The maximum atomic E-state index is 11.3.